The molecule has 0 fully saturated rings. The number of benzene rings is 1. The highest BCUT2D eigenvalue weighted by Crippen LogP contribution is 2.42. The Kier molecular flexibility index (Phi) is 5.32. The van der Waals surface area contributed by atoms with Gasteiger partial charge in [-0.1, -0.05) is 12.1 Å². The molecule has 0 N–H and O–H groups in total. The molecular weight excluding hydrogens is 344 g/mol. The van der Waals surface area contributed by atoms with Gasteiger partial charge < -0.3 is 14.2 Å². The highest BCUT2D eigenvalue weighted by Gasteiger charge is 2.37. The summed E-state index contributed by atoms with van der Waals surface area (Å²) in [5.74, 6) is 0.307. The van der Waals surface area contributed by atoms with E-state index in [-0.39, 0.29) is 6.61 Å². The van der Waals surface area contributed by atoms with E-state index in [0.717, 1.165) is 5.56 Å². The highest BCUT2D eigenvalue weighted by molar-refractivity contribution is 5.93. The standard InChI is InChI=1S/C21H20N2O4/c1-4-26-21(24)18-14(2)27-20(23-10-5-6-11-23)17(13-22)19(18)15-8-7-9-16(12-15)25-3/h5-12,19H,4H2,1-3H3/t19-/m1/s1. The smallest absolute Gasteiger partial charge is 0.338 e. The summed E-state index contributed by atoms with van der Waals surface area (Å²) >= 11 is 0. The Bertz CT molecular complexity index is 949. The van der Waals surface area contributed by atoms with Crippen LogP contribution in [0, 0.1) is 11.3 Å². The highest BCUT2D eigenvalue weighted by atomic mass is 16.5. The molecule has 0 radical (unpaired) electrons. The lowest BCUT2D eigenvalue weighted by molar-refractivity contribution is -0.139. The van der Waals surface area contributed by atoms with Crippen molar-refractivity contribution < 1.29 is 19.0 Å². The van der Waals surface area contributed by atoms with Gasteiger partial charge in [0.15, 0.2) is 0 Å². The fraction of sp³-hybridized carbons (Fsp3) is 0.238. The molecule has 6 nitrogen and oxygen atoms in total. The molecule has 1 aromatic heterocycles. The zero-order chi connectivity index (χ0) is 19.4. The van der Waals surface area contributed by atoms with Crippen molar-refractivity contribution in [3.63, 3.8) is 0 Å². The molecule has 0 aliphatic carbocycles. The third-order valence-corrected chi connectivity index (χ3v) is 4.32. The maximum Gasteiger partial charge on any atom is 0.338 e. The lowest BCUT2D eigenvalue weighted by Gasteiger charge is -2.28. The Hall–Kier alpha value is -3.46. The minimum absolute atomic E-state index is 0.233. The second-order valence-electron chi connectivity index (χ2n) is 5.92. The third-order valence-electron chi connectivity index (χ3n) is 4.32. The minimum Gasteiger partial charge on any atom is -0.497 e. The predicted octanol–water partition coefficient (Wildman–Crippen LogP) is 3.84. The van der Waals surface area contributed by atoms with Crippen molar-refractivity contribution in [2.24, 2.45) is 0 Å². The average Bonchev–Trinajstić information content (AvgIpc) is 3.21. The van der Waals surface area contributed by atoms with Crippen LogP contribution >= 0.6 is 0 Å². The minimum atomic E-state index is -0.615. The van der Waals surface area contributed by atoms with E-state index in [4.69, 9.17) is 14.2 Å². The molecule has 1 aromatic carbocycles. The van der Waals surface area contributed by atoms with Gasteiger partial charge in [-0.15, -0.1) is 0 Å². The molecule has 1 aliphatic rings. The van der Waals surface area contributed by atoms with Crippen LogP contribution in [0.5, 0.6) is 5.75 Å². The van der Waals surface area contributed by atoms with E-state index in [2.05, 4.69) is 6.07 Å². The molecule has 1 atom stereocenters. The molecule has 2 heterocycles. The van der Waals surface area contributed by atoms with Gasteiger partial charge in [0, 0.05) is 12.4 Å². The fourth-order valence-electron chi connectivity index (χ4n) is 3.12. The Morgan fingerprint density at radius 2 is 2.04 bits per heavy atom. The number of hydrogen-bond acceptors (Lipinski definition) is 5. The number of aromatic nitrogens is 1. The normalized spacial score (nSPS) is 16.6. The van der Waals surface area contributed by atoms with E-state index in [1.165, 1.54) is 0 Å². The van der Waals surface area contributed by atoms with Crippen molar-refractivity contribution in [3.05, 3.63) is 71.3 Å². The number of rotatable bonds is 5. The van der Waals surface area contributed by atoms with Gasteiger partial charge in [0.05, 0.1) is 25.2 Å². The Morgan fingerprint density at radius 3 is 2.67 bits per heavy atom. The molecule has 3 rings (SSSR count). The molecule has 2 aromatic rings. The molecule has 0 amide bonds. The van der Waals surface area contributed by atoms with Crippen molar-refractivity contribution in [3.8, 4) is 11.8 Å². The molecule has 0 spiro atoms. The molecular formula is C21H20N2O4. The van der Waals surface area contributed by atoms with Gasteiger partial charge in [-0.2, -0.15) is 5.26 Å². The lowest BCUT2D eigenvalue weighted by atomic mass is 9.83. The molecule has 138 valence electrons. The molecule has 0 saturated heterocycles. The number of nitriles is 1. The second-order valence-corrected chi connectivity index (χ2v) is 5.92. The lowest BCUT2D eigenvalue weighted by Crippen LogP contribution is -2.24. The maximum atomic E-state index is 12.7. The van der Waals surface area contributed by atoms with E-state index in [0.29, 0.717) is 28.5 Å². The Labute approximate surface area is 157 Å². The van der Waals surface area contributed by atoms with Crippen LogP contribution in [0.1, 0.15) is 25.3 Å². The van der Waals surface area contributed by atoms with Crippen LogP contribution in [0.4, 0.5) is 0 Å². The summed E-state index contributed by atoms with van der Waals surface area (Å²) in [6.45, 7) is 3.68. The number of hydrogen-bond donors (Lipinski definition) is 0. The number of carbonyl (C=O) groups is 1. The number of esters is 1. The average molecular weight is 364 g/mol. The van der Waals surface area contributed by atoms with Gasteiger partial charge >= 0.3 is 5.97 Å². The van der Waals surface area contributed by atoms with Crippen LogP contribution in [-0.4, -0.2) is 24.3 Å². The molecule has 1 aliphatic heterocycles. The largest absolute Gasteiger partial charge is 0.497 e. The van der Waals surface area contributed by atoms with Crippen molar-refractivity contribution in [1.29, 1.82) is 5.26 Å². The van der Waals surface area contributed by atoms with Gasteiger partial charge in [0.25, 0.3) is 0 Å². The van der Waals surface area contributed by atoms with Crippen LogP contribution in [0.25, 0.3) is 5.88 Å². The first-order chi connectivity index (χ1) is 13.1. The van der Waals surface area contributed by atoms with Crippen molar-refractivity contribution in [1.82, 2.24) is 4.57 Å². The van der Waals surface area contributed by atoms with Crippen LogP contribution in [-0.2, 0) is 14.3 Å². The SMILES string of the molecule is CCOC(=O)C1=C(C)OC(n2cccc2)=C(C#N)[C@H]1c1cccc(OC)c1. The molecule has 27 heavy (non-hydrogen) atoms. The van der Waals surface area contributed by atoms with Crippen LogP contribution < -0.4 is 4.74 Å². The Balaban J connectivity index is 2.22. The topological polar surface area (TPSA) is 73.5 Å². The van der Waals surface area contributed by atoms with E-state index >= 15 is 0 Å². The van der Waals surface area contributed by atoms with Gasteiger partial charge in [-0.3, -0.25) is 4.57 Å². The molecule has 0 saturated carbocycles. The number of nitrogens with zero attached hydrogens (tertiary/aromatic N) is 2. The van der Waals surface area contributed by atoms with Gasteiger partial charge in [0.2, 0.25) is 5.88 Å². The second kappa shape index (κ2) is 7.83. The van der Waals surface area contributed by atoms with Crippen LogP contribution in [0.3, 0.4) is 0 Å². The summed E-state index contributed by atoms with van der Waals surface area (Å²) in [5.41, 5.74) is 1.40. The monoisotopic (exact) mass is 364 g/mol. The summed E-state index contributed by atoms with van der Waals surface area (Å²) in [7, 11) is 1.57. The summed E-state index contributed by atoms with van der Waals surface area (Å²) < 4.78 is 18.2. The number of allylic oxidation sites excluding steroid dienone is 2. The summed E-state index contributed by atoms with van der Waals surface area (Å²) in [6, 6.07) is 13.2. The summed E-state index contributed by atoms with van der Waals surface area (Å²) in [6.07, 6.45) is 3.58. The van der Waals surface area contributed by atoms with E-state index in [9.17, 15) is 10.1 Å². The van der Waals surface area contributed by atoms with Gasteiger partial charge in [-0.05, 0) is 43.7 Å². The first-order valence-corrected chi connectivity index (χ1v) is 8.58. The van der Waals surface area contributed by atoms with Crippen molar-refractivity contribution in [2.75, 3.05) is 13.7 Å². The predicted molar refractivity (Wildman–Crippen MR) is 99.4 cm³/mol. The van der Waals surface area contributed by atoms with E-state index in [1.54, 1.807) is 37.9 Å². The summed E-state index contributed by atoms with van der Waals surface area (Å²) in [5, 5.41) is 9.93. The Morgan fingerprint density at radius 1 is 1.30 bits per heavy atom. The first kappa shape index (κ1) is 18.3. The van der Waals surface area contributed by atoms with E-state index in [1.807, 2.05) is 36.4 Å². The fourth-order valence-corrected chi connectivity index (χ4v) is 3.12. The van der Waals surface area contributed by atoms with Crippen LogP contribution in [0.2, 0.25) is 0 Å². The number of carbonyl (C=O) groups excluding carboxylic acids is 1. The summed E-state index contributed by atoms with van der Waals surface area (Å²) in [4.78, 5) is 12.7. The quantitative estimate of drug-likeness (QED) is 0.754. The third kappa shape index (κ3) is 3.44. The number of methoxy groups -OCH3 is 1. The van der Waals surface area contributed by atoms with Crippen LogP contribution in [0.15, 0.2) is 65.7 Å². The van der Waals surface area contributed by atoms with Crippen molar-refractivity contribution >= 4 is 11.9 Å². The van der Waals surface area contributed by atoms with Gasteiger partial charge in [-0.25, -0.2) is 4.79 Å². The van der Waals surface area contributed by atoms with Gasteiger partial charge in [0.1, 0.15) is 23.2 Å². The zero-order valence-electron chi connectivity index (χ0n) is 15.4. The molecule has 6 heteroatoms. The maximum absolute atomic E-state index is 12.7. The molecule has 0 bridgehead atoms. The van der Waals surface area contributed by atoms with E-state index < -0.39 is 11.9 Å². The zero-order valence-corrected chi connectivity index (χ0v) is 15.4. The molecule has 0 unspecified atom stereocenters. The number of ether oxygens (including phenoxy) is 3. The van der Waals surface area contributed by atoms with Crippen molar-refractivity contribution in [2.45, 2.75) is 19.8 Å². The first-order valence-electron chi connectivity index (χ1n) is 8.58.